The summed E-state index contributed by atoms with van der Waals surface area (Å²) in [6.45, 7) is 1.83. The molecule has 4 rings (SSSR count). The highest BCUT2D eigenvalue weighted by atomic mass is 16.5. The van der Waals surface area contributed by atoms with Crippen LogP contribution in [0.3, 0.4) is 0 Å². The van der Waals surface area contributed by atoms with Gasteiger partial charge in [-0.3, -0.25) is 4.79 Å². The molecule has 0 bridgehead atoms. The fourth-order valence-electron chi connectivity index (χ4n) is 3.21. The fourth-order valence-corrected chi connectivity index (χ4v) is 3.21. The summed E-state index contributed by atoms with van der Waals surface area (Å²) in [4.78, 5) is 23.8. The van der Waals surface area contributed by atoms with Crippen molar-refractivity contribution < 1.29 is 28.6 Å². The number of carbonyl (C=O) groups is 2. The smallest absolute Gasteiger partial charge is 0.371 e. The summed E-state index contributed by atoms with van der Waals surface area (Å²) < 4.78 is 16.3. The number of furan rings is 1. The van der Waals surface area contributed by atoms with Crippen molar-refractivity contribution in [3.8, 4) is 11.5 Å². The van der Waals surface area contributed by atoms with Gasteiger partial charge < -0.3 is 19.0 Å². The number of hydrogen-bond acceptors (Lipinski definition) is 6. The third-order valence-corrected chi connectivity index (χ3v) is 4.80. The zero-order valence-corrected chi connectivity index (χ0v) is 17.4. The number of carboxylic acid groups (broad SMARTS) is 1. The van der Waals surface area contributed by atoms with Crippen molar-refractivity contribution in [3.05, 3.63) is 83.3 Å². The molecule has 32 heavy (non-hydrogen) atoms. The van der Waals surface area contributed by atoms with Crippen molar-refractivity contribution >= 4 is 29.4 Å². The van der Waals surface area contributed by atoms with Gasteiger partial charge in [-0.25, -0.2) is 4.79 Å². The summed E-state index contributed by atoms with van der Waals surface area (Å²) in [5.41, 5.74) is 2.55. The molecule has 1 aliphatic heterocycles. The van der Waals surface area contributed by atoms with E-state index in [1.807, 2.05) is 30.3 Å². The number of carbonyl (C=O) groups excluding carboxylic acids is 1. The molecule has 0 fully saturated rings. The lowest BCUT2D eigenvalue weighted by Gasteiger charge is -2.12. The van der Waals surface area contributed by atoms with Gasteiger partial charge in [0.1, 0.15) is 12.4 Å². The van der Waals surface area contributed by atoms with Crippen LogP contribution in [0.15, 0.2) is 75.8 Å². The Morgan fingerprint density at radius 2 is 1.91 bits per heavy atom. The lowest BCUT2D eigenvalue weighted by Crippen LogP contribution is -2.21. The van der Waals surface area contributed by atoms with Crippen LogP contribution < -0.4 is 14.5 Å². The third kappa shape index (κ3) is 4.24. The number of carboxylic acids is 1. The molecule has 0 radical (unpaired) electrons. The maximum atomic E-state index is 12.9. The normalized spacial score (nSPS) is 14.6. The number of ether oxygens (including phenoxy) is 2. The van der Waals surface area contributed by atoms with Crippen molar-refractivity contribution in [2.24, 2.45) is 5.10 Å². The number of hydrogen-bond donors (Lipinski definition) is 1. The maximum absolute atomic E-state index is 12.9. The van der Waals surface area contributed by atoms with Crippen molar-refractivity contribution in [3.63, 3.8) is 0 Å². The largest absolute Gasteiger partial charge is 0.493 e. The number of nitrogens with zero attached hydrogens (tertiary/aromatic N) is 2. The molecule has 1 aliphatic rings. The first-order valence-electron chi connectivity index (χ1n) is 9.76. The number of para-hydroxylation sites is 1. The van der Waals surface area contributed by atoms with Crippen LogP contribution in [0.4, 0.5) is 5.69 Å². The predicted octanol–water partition coefficient (Wildman–Crippen LogP) is 4.37. The minimum absolute atomic E-state index is 0.0420. The lowest BCUT2D eigenvalue weighted by molar-refractivity contribution is -0.114. The first-order valence-corrected chi connectivity index (χ1v) is 9.76. The van der Waals surface area contributed by atoms with Crippen molar-refractivity contribution in [2.75, 3.05) is 12.1 Å². The van der Waals surface area contributed by atoms with Gasteiger partial charge in [0.2, 0.25) is 5.76 Å². The van der Waals surface area contributed by atoms with Gasteiger partial charge in [-0.1, -0.05) is 24.3 Å². The summed E-state index contributed by atoms with van der Waals surface area (Å²) in [6, 6.07) is 17.4. The minimum atomic E-state index is -1.14. The average molecular weight is 432 g/mol. The highest BCUT2D eigenvalue weighted by Crippen LogP contribution is 2.31. The standard InChI is InChI=1S/C24H20N2O6/c1-15-19(23(27)26(25-15)17-6-4-3-5-7-17)12-16-8-10-20(22(13-16)30-2)31-14-18-9-11-21(32-18)24(28)29/h3-13H,14H2,1-2H3,(H,28,29)/b19-12+. The van der Waals surface area contributed by atoms with E-state index in [1.54, 1.807) is 37.3 Å². The molecule has 3 aromatic rings. The van der Waals surface area contributed by atoms with E-state index in [9.17, 15) is 9.59 Å². The second kappa shape index (κ2) is 8.81. The van der Waals surface area contributed by atoms with Gasteiger partial charge >= 0.3 is 5.97 Å². The van der Waals surface area contributed by atoms with Crippen LogP contribution in [0.1, 0.15) is 28.8 Å². The molecule has 8 nitrogen and oxygen atoms in total. The molecule has 0 saturated heterocycles. The van der Waals surface area contributed by atoms with Gasteiger partial charge in [-0.05, 0) is 55.0 Å². The van der Waals surface area contributed by atoms with Crippen molar-refractivity contribution in [1.29, 1.82) is 0 Å². The molecular formula is C24H20N2O6. The highest BCUT2D eigenvalue weighted by molar-refractivity contribution is 6.32. The second-order valence-corrected chi connectivity index (χ2v) is 6.97. The Hall–Kier alpha value is -4.33. The molecule has 162 valence electrons. The predicted molar refractivity (Wildman–Crippen MR) is 118 cm³/mol. The number of amides is 1. The summed E-state index contributed by atoms with van der Waals surface area (Å²) in [5.74, 6) is -0.209. The summed E-state index contributed by atoms with van der Waals surface area (Å²) in [7, 11) is 1.51. The molecule has 2 aromatic carbocycles. The molecule has 0 atom stereocenters. The lowest BCUT2D eigenvalue weighted by atomic mass is 10.1. The Morgan fingerprint density at radius 3 is 2.59 bits per heavy atom. The molecule has 0 spiro atoms. The molecular weight excluding hydrogens is 412 g/mol. The molecule has 1 N–H and O–H groups in total. The van der Waals surface area contributed by atoms with E-state index in [0.29, 0.717) is 34.2 Å². The molecule has 0 aliphatic carbocycles. The van der Waals surface area contributed by atoms with Gasteiger partial charge in [0.05, 0.1) is 24.1 Å². The van der Waals surface area contributed by atoms with Crippen LogP contribution in [-0.4, -0.2) is 29.8 Å². The van der Waals surface area contributed by atoms with Crippen LogP contribution in [0.2, 0.25) is 0 Å². The van der Waals surface area contributed by atoms with Crippen molar-refractivity contribution in [2.45, 2.75) is 13.5 Å². The van der Waals surface area contributed by atoms with E-state index < -0.39 is 5.97 Å². The Labute approximate surface area is 184 Å². The second-order valence-electron chi connectivity index (χ2n) is 6.97. The van der Waals surface area contributed by atoms with Crippen molar-refractivity contribution in [1.82, 2.24) is 0 Å². The quantitative estimate of drug-likeness (QED) is 0.556. The van der Waals surface area contributed by atoms with Crippen LogP contribution in [0, 0.1) is 0 Å². The Kier molecular flexibility index (Phi) is 5.76. The van der Waals surface area contributed by atoms with Gasteiger partial charge in [0.25, 0.3) is 5.91 Å². The fraction of sp³-hybridized carbons (Fsp3) is 0.125. The monoisotopic (exact) mass is 432 g/mol. The van der Waals surface area contributed by atoms with E-state index >= 15 is 0 Å². The van der Waals surface area contributed by atoms with E-state index in [1.165, 1.54) is 18.2 Å². The molecule has 0 unspecified atom stereocenters. The first kappa shape index (κ1) is 20.9. The summed E-state index contributed by atoms with van der Waals surface area (Å²) >= 11 is 0. The van der Waals surface area contributed by atoms with E-state index in [4.69, 9.17) is 19.0 Å². The Bertz CT molecular complexity index is 1230. The highest BCUT2D eigenvalue weighted by Gasteiger charge is 2.28. The molecule has 8 heteroatoms. The topological polar surface area (TPSA) is 102 Å². The van der Waals surface area contributed by atoms with Gasteiger partial charge in [-0.15, -0.1) is 0 Å². The summed E-state index contributed by atoms with van der Waals surface area (Å²) in [5, 5.41) is 14.7. The number of rotatable bonds is 7. The van der Waals surface area contributed by atoms with Gasteiger partial charge in [0.15, 0.2) is 11.5 Å². The number of methoxy groups -OCH3 is 1. The number of hydrazone groups is 1. The maximum Gasteiger partial charge on any atom is 0.371 e. The van der Waals surface area contributed by atoms with Crippen LogP contribution in [-0.2, 0) is 11.4 Å². The molecule has 2 heterocycles. The zero-order valence-electron chi connectivity index (χ0n) is 17.4. The summed E-state index contributed by atoms with van der Waals surface area (Å²) in [6.07, 6.45) is 1.75. The molecule has 0 saturated carbocycles. The van der Waals surface area contributed by atoms with E-state index in [-0.39, 0.29) is 18.3 Å². The minimum Gasteiger partial charge on any atom is -0.493 e. The van der Waals surface area contributed by atoms with Crippen LogP contribution in [0.25, 0.3) is 6.08 Å². The Morgan fingerprint density at radius 1 is 1.12 bits per heavy atom. The van der Waals surface area contributed by atoms with E-state index in [2.05, 4.69) is 5.10 Å². The SMILES string of the molecule is COc1cc(/C=C2/C(=O)N(c3ccccc3)N=C2C)ccc1OCc1ccc(C(=O)O)o1. The molecule has 1 aromatic heterocycles. The third-order valence-electron chi connectivity index (χ3n) is 4.80. The first-order chi connectivity index (χ1) is 15.5. The number of benzene rings is 2. The van der Waals surface area contributed by atoms with Crippen LogP contribution >= 0.6 is 0 Å². The number of anilines is 1. The van der Waals surface area contributed by atoms with Gasteiger partial charge in [0, 0.05) is 0 Å². The number of aromatic carboxylic acids is 1. The molecule has 1 amide bonds. The zero-order chi connectivity index (χ0) is 22.7. The average Bonchev–Trinajstić information content (AvgIpc) is 3.39. The van der Waals surface area contributed by atoms with Crippen LogP contribution in [0.5, 0.6) is 11.5 Å². The van der Waals surface area contributed by atoms with Gasteiger partial charge in [-0.2, -0.15) is 10.1 Å². The van der Waals surface area contributed by atoms with E-state index in [0.717, 1.165) is 5.56 Å². The Balaban J connectivity index is 1.52.